The van der Waals surface area contributed by atoms with Crippen LogP contribution < -0.4 is 9.62 Å². The van der Waals surface area contributed by atoms with Crippen LogP contribution in [0.3, 0.4) is 0 Å². The fraction of sp³-hybridized carbons (Fsp3) is 0.257. The highest BCUT2D eigenvalue weighted by atomic mass is 35.5. The monoisotopic (exact) mass is 697 g/mol. The highest BCUT2D eigenvalue weighted by molar-refractivity contribution is 7.92. The maximum Gasteiger partial charge on any atom is 0.264 e. The number of nitrogens with zero attached hydrogens (tertiary/aromatic N) is 2. The van der Waals surface area contributed by atoms with Gasteiger partial charge in [0.1, 0.15) is 12.6 Å². The van der Waals surface area contributed by atoms with E-state index in [2.05, 4.69) is 5.32 Å². The van der Waals surface area contributed by atoms with Gasteiger partial charge in [0.05, 0.1) is 10.6 Å². The molecule has 1 unspecified atom stereocenters. The van der Waals surface area contributed by atoms with E-state index in [1.165, 1.54) is 23.1 Å². The first-order valence-corrected chi connectivity index (χ1v) is 17.6. The molecular weight excluding hydrogens is 665 g/mol. The van der Waals surface area contributed by atoms with Crippen LogP contribution in [-0.4, -0.2) is 43.8 Å². The Morgan fingerprint density at radius 2 is 1.46 bits per heavy atom. The molecule has 0 aliphatic heterocycles. The fourth-order valence-corrected chi connectivity index (χ4v) is 7.71. The van der Waals surface area contributed by atoms with E-state index in [9.17, 15) is 18.0 Å². The van der Waals surface area contributed by atoms with Gasteiger partial charge >= 0.3 is 0 Å². The van der Waals surface area contributed by atoms with Crippen LogP contribution in [-0.2, 0) is 32.6 Å². The Morgan fingerprint density at radius 1 is 0.804 bits per heavy atom. The van der Waals surface area contributed by atoms with Crippen molar-refractivity contribution in [3.8, 4) is 0 Å². The number of nitrogens with one attached hydrogen (secondary N) is 1. The van der Waals surface area contributed by atoms with Gasteiger partial charge in [-0.3, -0.25) is 13.9 Å². The van der Waals surface area contributed by atoms with Crippen molar-refractivity contribution < 1.29 is 18.0 Å². The number of carbonyl (C=O) groups excluding carboxylic acids is 2. The molecule has 2 amide bonds. The SMILES string of the molecule is O=C(NC1CCCC1)C(Cc1ccccc1)N(Cc1ccc(Cl)cc1Cl)C(=O)CN(c1cccc(Cl)c1)S(=O)(=O)c1ccccc1. The van der Waals surface area contributed by atoms with E-state index < -0.39 is 28.5 Å². The van der Waals surface area contributed by atoms with E-state index in [1.54, 1.807) is 54.6 Å². The summed E-state index contributed by atoms with van der Waals surface area (Å²) in [5.41, 5.74) is 1.62. The lowest BCUT2D eigenvalue weighted by Gasteiger charge is -2.34. The Labute approximate surface area is 285 Å². The van der Waals surface area contributed by atoms with Crippen LogP contribution in [0.4, 0.5) is 5.69 Å². The molecule has 46 heavy (non-hydrogen) atoms. The number of hydrogen-bond donors (Lipinski definition) is 1. The third-order valence-electron chi connectivity index (χ3n) is 8.03. The molecule has 0 radical (unpaired) electrons. The van der Waals surface area contributed by atoms with Gasteiger partial charge in [-0.1, -0.05) is 108 Å². The molecule has 1 atom stereocenters. The summed E-state index contributed by atoms with van der Waals surface area (Å²) in [7, 11) is -4.23. The van der Waals surface area contributed by atoms with E-state index in [1.807, 2.05) is 30.3 Å². The van der Waals surface area contributed by atoms with Gasteiger partial charge in [0.25, 0.3) is 10.0 Å². The lowest BCUT2D eigenvalue weighted by atomic mass is 10.0. The molecule has 5 rings (SSSR count). The smallest absolute Gasteiger partial charge is 0.264 e. The van der Waals surface area contributed by atoms with Crippen LogP contribution in [0, 0.1) is 0 Å². The van der Waals surface area contributed by atoms with Crippen molar-refractivity contribution in [2.75, 3.05) is 10.8 Å². The topological polar surface area (TPSA) is 86.8 Å². The van der Waals surface area contributed by atoms with Crippen molar-refractivity contribution in [3.05, 3.63) is 129 Å². The maximum absolute atomic E-state index is 14.6. The number of carbonyl (C=O) groups is 2. The summed E-state index contributed by atoms with van der Waals surface area (Å²) in [6.07, 6.45) is 3.96. The zero-order valence-corrected chi connectivity index (χ0v) is 28.1. The van der Waals surface area contributed by atoms with Crippen molar-refractivity contribution in [2.24, 2.45) is 0 Å². The average molecular weight is 699 g/mol. The molecule has 1 N–H and O–H groups in total. The number of amides is 2. The van der Waals surface area contributed by atoms with Crippen LogP contribution in [0.2, 0.25) is 15.1 Å². The first-order valence-electron chi connectivity index (χ1n) is 15.0. The van der Waals surface area contributed by atoms with E-state index in [0.29, 0.717) is 20.6 Å². The van der Waals surface area contributed by atoms with Crippen molar-refractivity contribution >= 4 is 62.3 Å². The first-order chi connectivity index (χ1) is 22.1. The first kappa shape index (κ1) is 33.8. The molecule has 0 aromatic heterocycles. The lowest BCUT2D eigenvalue weighted by Crippen LogP contribution is -2.54. The summed E-state index contributed by atoms with van der Waals surface area (Å²) in [6, 6.07) is 27.6. The van der Waals surface area contributed by atoms with Gasteiger partial charge in [0.15, 0.2) is 0 Å². The molecule has 4 aromatic carbocycles. The van der Waals surface area contributed by atoms with Crippen LogP contribution in [0.15, 0.2) is 108 Å². The zero-order chi connectivity index (χ0) is 32.7. The van der Waals surface area contributed by atoms with Gasteiger partial charge in [0.2, 0.25) is 11.8 Å². The van der Waals surface area contributed by atoms with Crippen LogP contribution >= 0.6 is 34.8 Å². The summed E-state index contributed by atoms with van der Waals surface area (Å²) in [4.78, 5) is 30.1. The second-order valence-electron chi connectivity index (χ2n) is 11.3. The van der Waals surface area contributed by atoms with E-state index in [0.717, 1.165) is 35.6 Å². The van der Waals surface area contributed by atoms with Gasteiger partial charge in [-0.15, -0.1) is 0 Å². The largest absolute Gasteiger partial charge is 0.352 e. The van der Waals surface area contributed by atoms with Crippen LogP contribution in [0.1, 0.15) is 36.8 Å². The molecule has 1 aliphatic rings. The molecule has 7 nitrogen and oxygen atoms in total. The van der Waals surface area contributed by atoms with Gasteiger partial charge in [-0.25, -0.2) is 8.42 Å². The molecule has 0 spiro atoms. The van der Waals surface area contributed by atoms with E-state index in [-0.39, 0.29) is 35.5 Å². The molecule has 11 heteroatoms. The van der Waals surface area contributed by atoms with Crippen molar-refractivity contribution in [1.29, 1.82) is 0 Å². The summed E-state index contributed by atoms with van der Waals surface area (Å²) in [5.74, 6) is -0.901. The van der Waals surface area contributed by atoms with Gasteiger partial charge in [-0.05, 0) is 66.4 Å². The van der Waals surface area contributed by atoms with Gasteiger partial charge in [-0.2, -0.15) is 0 Å². The summed E-state index contributed by atoms with van der Waals surface area (Å²) in [5, 5.41) is 4.21. The molecule has 0 bridgehead atoms. The molecule has 0 heterocycles. The minimum absolute atomic E-state index is 0.00302. The molecule has 1 fully saturated rings. The van der Waals surface area contributed by atoms with E-state index >= 15 is 0 Å². The average Bonchev–Trinajstić information content (AvgIpc) is 3.56. The minimum Gasteiger partial charge on any atom is -0.352 e. The Hall–Kier alpha value is -3.56. The van der Waals surface area contributed by atoms with Crippen molar-refractivity contribution in [1.82, 2.24) is 10.2 Å². The Bertz CT molecular complexity index is 1770. The number of benzene rings is 4. The summed E-state index contributed by atoms with van der Waals surface area (Å²) < 4.78 is 29.2. The number of sulfonamides is 1. The lowest BCUT2D eigenvalue weighted by molar-refractivity contribution is -0.140. The number of hydrogen-bond acceptors (Lipinski definition) is 4. The maximum atomic E-state index is 14.6. The van der Waals surface area contributed by atoms with Gasteiger partial charge in [0, 0.05) is 34.1 Å². The predicted molar refractivity (Wildman–Crippen MR) is 184 cm³/mol. The highest BCUT2D eigenvalue weighted by Crippen LogP contribution is 2.29. The van der Waals surface area contributed by atoms with Gasteiger partial charge < -0.3 is 10.2 Å². The van der Waals surface area contributed by atoms with Crippen molar-refractivity contribution in [3.63, 3.8) is 0 Å². The quantitative estimate of drug-likeness (QED) is 0.166. The number of anilines is 1. The molecule has 0 saturated heterocycles. The molecule has 1 aliphatic carbocycles. The van der Waals surface area contributed by atoms with Crippen LogP contribution in [0.25, 0.3) is 0 Å². The molecule has 4 aromatic rings. The van der Waals surface area contributed by atoms with Crippen LogP contribution in [0.5, 0.6) is 0 Å². The van der Waals surface area contributed by atoms with E-state index in [4.69, 9.17) is 34.8 Å². The third kappa shape index (κ3) is 8.42. The zero-order valence-electron chi connectivity index (χ0n) is 25.0. The standard InChI is InChI=1S/C35H34Cl3N3O4S/c36-27-12-9-15-30(21-27)41(46(44,45)31-16-5-2-6-17-31)24-34(42)40(23-26-18-19-28(37)22-32(26)38)33(20-25-10-3-1-4-11-25)35(43)39-29-13-7-8-14-29/h1-6,9-12,15-19,21-22,29,33H,7-8,13-14,20,23-24H2,(H,39,43). The molecule has 240 valence electrons. The second-order valence-corrected chi connectivity index (χ2v) is 14.4. The predicted octanol–water partition coefficient (Wildman–Crippen LogP) is 7.54. The molecular formula is C35H34Cl3N3O4S. The minimum atomic E-state index is -4.23. The van der Waals surface area contributed by atoms with Crippen molar-refractivity contribution in [2.45, 2.75) is 55.6 Å². The Balaban J connectivity index is 1.58. The third-order valence-corrected chi connectivity index (χ3v) is 10.6. The number of rotatable bonds is 12. The normalized spacial score (nSPS) is 14.1. The summed E-state index contributed by atoms with van der Waals surface area (Å²) >= 11 is 19.1. The highest BCUT2D eigenvalue weighted by Gasteiger charge is 2.36. The molecule has 1 saturated carbocycles. The Kier molecular flexibility index (Phi) is 11.3. The number of halogens is 3. The fourth-order valence-electron chi connectivity index (χ4n) is 5.63. The second kappa shape index (κ2) is 15.4. The Morgan fingerprint density at radius 3 is 2.11 bits per heavy atom. The summed E-state index contributed by atoms with van der Waals surface area (Å²) in [6.45, 7) is -0.649.